The predicted octanol–water partition coefficient (Wildman–Crippen LogP) is 4.32. The van der Waals surface area contributed by atoms with Crippen LogP contribution in [0.25, 0.3) is 16.8 Å². The van der Waals surface area contributed by atoms with Crippen LogP contribution in [0.3, 0.4) is 0 Å². The van der Waals surface area contributed by atoms with Gasteiger partial charge in [0.1, 0.15) is 5.75 Å². The lowest BCUT2D eigenvalue weighted by Gasteiger charge is -2.27. The molecule has 3 aromatic carbocycles. The van der Waals surface area contributed by atoms with Crippen LogP contribution < -0.4 is 18.9 Å². The Morgan fingerprint density at radius 2 is 1.65 bits per heavy atom. The molecule has 3 aromatic rings. The molecule has 0 aromatic heterocycles. The third-order valence-corrected chi connectivity index (χ3v) is 5.79. The van der Waals surface area contributed by atoms with E-state index in [9.17, 15) is 4.79 Å². The Bertz CT molecular complexity index is 1160. The molecule has 0 aliphatic carbocycles. The molecule has 0 spiro atoms. The van der Waals surface area contributed by atoms with E-state index in [0.29, 0.717) is 42.8 Å². The first-order valence-corrected chi connectivity index (χ1v) is 11.1. The summed E-state index contributed by atoms with van der Waals surface area (Å²) in [7, 11) is 4.65. The lowest BCUT2D eigenvalue weighted by Crippen LogP contribution is -2.35. The van der Waals surface area contributed by atoms with Crippen molar-refractivity contribution in [3.63, 3.8) is 0 Å². The molecule has 1 heterocycles. The quantitative estimate of drug-likeness (QED) is 0.280. The summed E-state index contributed by atoms with van der Waals surface area (Å²) >= 11 is 0. The molecule has 1 aliphatic rings. The third kappa shape index (κ3) is 5.32. The highest BCUT2D eigenvalue weighted by Crippen LogP contribution is 2.38. The average Bonchev–Trinajstić information content (AvgIpc) is 2.88. The number of rotatable bonds is 8. The van der Waals surface area contributed by atoms with Gasteiger partial charge in [-0.3, -0.25) is 4.90 Å². The number of benzene rings is 3. The van der Waals surface area contributed by atoms with Crippen molar-refractivity contribution in [2.75, 3.05) is 47.6 Å². The summed E-state index contributed by atoms with van der Waals surface area (Å²) in [5.74, 6) is 1.61. The summed E-state index contributed by atoms with van der Waals surface area (Å²) in [6.07, 6.45) is 3.06. The van der Waals surface area contributed by atoms with Crippen molar-refractivity contribution in [2.45, 2.75) is 6.54 Å². The average molecular weight is 464 g/mol. The van der Waals surface area contributed by atoms with Gasteiger partial charge in [0.2, 0.25) is 5.75 Å². The molecule has 178 valence electrons. The summed E-state index contributed by atoms with van der Waals surface area (Å²) in [4.78, 5) is 15.1. The maximum Gasteiger partial charge on any atom is 0.336 e. The van der Waals surface area contributed by atoms with E-state index in [0.717, 1.165) is 35.0 Å². The summed E-state index contributed by atoms with van der Waals surface area (Å²) in [5.41, 5.74) is 1.72. The molecule has 1 aliphatic heterocycles. The highest BCUT2D eigenvalue weighted by molar-refractivity contribution is 5.92. The fraction of sp³-hybridized carbons (Fsp3) is 0.296. The first kappa shape index (κ1) is 23.6. The summed E-state index contributed by atoms with van der Waals surface area (Å²) in [6, 6.07) is 15.5. The number of carbonyl (C=O) groups is 1. The number of hydrogen-bond acceptors (Lipinski definition) is 7. The molecule has 4 rings (SSSR count). The smallest absolute Gasteiger partial charge is 0.336 e. The van der Waals surface area contributed by atoms with Crippen molar-refractivity contribution in [3.05, 3.63) is 65.7 Å². The largest absolute Gasteiger partial charge is 0.493 e. The first-order chi connectivity index (χ1) is 16.6. The van der Waals surface area contributed by atoms with Gasteiger partial charge < -0.3 is 23.7 Å². The number of hydrogen-bond donors (Lipinski definition) is 0. The fourth-order valence-electron chi connectivity index (χ4n) is 4.06. The van der Waals surface area contributed by atoms with Gasteiger partial charge in [0, 0.05) is 31.3 Å². The van der Waals surface area contributed by atoms with Gasteiger partial charge in [-0.1, -0.05) is 30.3 Å². The molecule has 0 unspecified atom stereocenters. The molecule has 1 fully saturated rings. The first-order valence-electron chi connectivity index (χ1n) is 11.1. The second kappa shape index (κ2) is 11.0. The molecular formula is C27H29NO6. The van der Waals surface area contributed by atoms with Crippen LogP contribution in [0.15, 0.2) is 54.6 Å². The molecule has 0 radical (unpaired) electrons. The number of methoxy groups -OCH3 is 3. The van der Waals surface area contributed by atoms with Crippen LogP contribution in [0.4, 0.5) is 0 Å². The molecule has 7 heteroatoms. The van der Waals surface area contributed by atoms with Gasteiger partial charge in [0.25, 0.3) is 0 Å². The van der Waals surface area contributed by atoms with Crippen molar-refractivity contribution in [1.82, 2.24) is 4.90 Å². The van der Waals surface area contributed by atoms with Crippen LogP contribution in [0.2, 0.25) is 0 Å². The Balaban J connectivity index is 1.58. The highest BCUT2D eigenvalue weighted by atomic mass is 16.5. The summed E-state index contributed by atoms with van der Waals surface area (Å²) in [6.45, 7) is 3.79. The monoisotopic (exact) mass is 463 g/mol. The Kier molecular flexibility index (Phi) is 7.67. The van der Waals surface area contributed by atoms with E-state index < -0.39 is 5.97 Å². The zero-order valence-electron chi connectivity index (χ0n) is 19.7. The van der Waals surface area contributed by atoms with Crippen LogP contribution in [0.1, 0.15) is 11.1 Å². The van der Waals surface area contributed by atoms with Crippen molar-refractivity contribution in [3.8, 4) is 23.0 Å². The van der Waals surface area contributed by atoms with E-state index in [1.807, 2.05) is 24.3 Å². The molecular weight excluding hydrogens is 434 g/mol. The Morgan fingerprint density at radius 3 is 2.32 bits per heavy atom. The van der Waals surface area contributed by atoms with Crippen LogP contribution in [0.5, 0.6) is 23.0 Å². The number of ether oxygens (including phenoxy) is 5. The molecule has 0 N–H and O–H groups in total. The van der Waals surface area contributed by atoms with Crippen molar-refractivity contribution < 1.29 is 28.5 Å². The van der Waals surface area contributed by atoms with E-state index in [1.54, 1.807) is 39.5 Å². The summed E-state index contributed by atoms with van der Waals surface area (Å²) < 4.78 is 27.4. The molecule has 0 atom stereocenters. The van der Waals surface area contributed by atoms with Crippen LogP contribution in [0, 0.1) is 0 Å². The minimum absolute atomic E-state index is 0.465. The Labute approximate surface area is 199 Å². The number of nitrogens with zero attached hydrogens (tertiary/aromatic N) is 1. The third-order valence-electron chi connectivity index (χ3n) is 5.79. The molecule has 0 bridgehead atoms. The standard InChI is InChI=1S/C27H29NO6/c1-30-24-16-19(17-25(31-2)27(24)32-3)8-11-26(29)34-23-10-9-20-6-4-5-7-21(20)22(23)18-28-12-14-33-15-13-28/h4-11,16-17H,12-15,18H2,1-3H3. The minimum Gasteiger partial charge on any atom is -0.493 e. The highest BCUT2D eigenvalue weighted by Gasteiger charge is 2.17. The van der Waals surface area contributed by atoms with Gasteiger partial charge in [-0.2, -0.15) is 0 Å². The molecule has 34 heavy (non-hydrogen) atoms. The lowest BCUT2D eigenvalue weighted by atomic mass is 10.0. The van der Waals surface area contributed by atoms with Crippen molar-refractivity contribution in [2.24, 2.45) is 0 Å². The molecule has 0 amide bonds. The van der Waals surface area contributed by atoms with Crippen molar-refractivity contribution in [1.29, 1.82) is 0 Å². The number of esters is 1. The normalized spacial score (nSPS) is 14.3. The molecule has 1 saturated heterocycles. The Hall–Kier alpha value is -3.55. The zero-order valence-corrected chi connectivity index (χ0v) is 19.7. The topological polar surface area (TPSA) is 66.5 Å². The molecule has 0 saturated carbocycles. The maximum atomic E-state index is 12.8. The van der Waals surface area contributed by atoms with Gasteiger partial charge in [0.15, 0.2) is 11.5 Å². The van der Waals surface area contributed by atoms with Crippen molar-refractivity contribution >= 4 is 22.8 Å². The molecule has 7 nitrogen and oxygen atoms in total. The second-order valence-electron chi connectivity index (χ2n) is 7.87. The SMILES string of the molecule is COc1cc(C=CC(=O)Oc2ccc3ccccc3c2CN2CCOCC2)cc(OC)c1OC. The van der Waals surface area contributed by atoms with Crippen LogP contribution >= 0.6 is 0 Å². The lowest BCUT2D eigenvalue weighted by molar-refractivity contribution is -0.129. The summed E-state index contributed by atoms with van der Waals surface area (Å²) in [5, 5.41) is 2.19. The predicted molar refractivity (Wildman–Crippen MR) is 131 cm³/mol. The van der Waals surface area contributed by atoms with Crippen LogP contribution in [-0.2, 0) is 16.1 Å². The van der Waals surface area contributed by atoms with E-state index in [-0.39, 0.29) is 0 Å². The van der Waals surface area contributed by atoms with E-state index in [1.165, 1.54) is 6.08 Å². The van der Waals surface area contributed by atoms with Gasteiger partial charge in [-0.15, -0.1) is 0 Å². The Morgan fingerprint density at radius 1 is 0.941 bits per heavy atom. The van der Waals surface area contributed by atoms with Gasteiger partial charge in [0.05, 0.1) is 34.5 Å². The number of carbonyl (C=O) groups excluding carboxylic acids is 1. The number of morpholine rings is 1. The van der Waals surface area contributed by atoms with Gasteiger partial charge in [-0.05, 0) is 40.6 Å². The second-order valence-corrected chi connectivity index (χ2v) is 7.87. The maximum absolute atomic E-state index is 12.8. The van der Waals surface area contributed by atoms with E-state index in [4.69, 9.17) is 23.7 Å². The zero-order chi connectivity index (χ0) is 23.9. The minimum atomic E-state index is -0.465. The van der Waals surface area contributed by atoms with E-state index in [2.05, 4.69) is 17.0 Å². The van der Waals surface area contributed by atoms with E-state index >= 15 is 0 Å². The fourth-order valence-corrected chi connectivity index (χ4v) is 4.06. The number of fused-ring (bicyclic) bond motifs is 1. The van der Waals surface area contributed by atoms with Gasteiger partial charge >= 0.3 is 5.97 Å². The van der Waals surface area contributed by atoms with Crippen LogP contribution in [-0.4, -0.2) is 58.5 Å². The van der Waals surface area contributed by atoms with Gasteiger partial charge in [-0.25, -0.2) is 4.79 Å².